The van der Waals surface area contributed by atoms with E-state index in [4.69, 9.17) is 5.11 Å². The predicted molar refractivity (Wildman–Crippen MR) is 61.4 cm³/mol. The van der Waals surface area contributed by atoms with E-state index in [0.717, 1.165) is 18.7 Å². The largest absolute Gasteiger partial charge is 0.392 e. The Labute approximate surface area is 91.3 Å². The first-order chi connectivity index (χ1) is 7.22. The van der Waals surface area contributed by atoms with E-state index in [2.05, 4.69) is 24.4 Å². The zero-order valence-electron chi connectivity index (χ0n) is 9.29. The van der Waals surface area contributed by atoms with Crippen LogP contribution < -0.4 is 5.32 Å². The Bertz CT molecular complexity index is 314. The molecular formula is C13H19NO. The molecule has 2 N–H and O–H groups in total. The fourth-order valence-corrected chi connectivity index (χ4v) is 1.66. The number of hydrogen-bond acceptors (Lipinski definition) is 2. The molecule has 1 aromatic carbocycles. The van der Waals surface area contributed by atoms with Crippen molar-refractivity contribution in [1.29, 1.82) is 0 Å². The molecule has 0 spiro atoms. The monoisotopic (exact) mass is 205 g/mol. The summed E-state index contributed by atoms with van der Waals surface area (Å²) in [5.74, 6) is 0. The van der Waals surface area contributed by atoms with Gasteiger partial charge in [-0.3, -0.25) is 0 Å². The molecule has 2 nitrogen and oxygen atoms in total. The van der Waals surface area contributed by atoms with Crippen LogP contribution >= 0.6 is 0 Å². The molecule has 0 aliphatic heterocycles. The van der Waals surface area contributed by atoms with Gasteiger partial charge in [-0.15, -0.1) is 0 Å². The van der Waals surface area contributed by atoms with Crippen LogP contribution in [-0.4, -0.2) is 11.7 Å². The van der Waals surface area contributed by atoms with Gasteiger partial charge in [0.1, 0.15) is 0 Å². The number of benzene rings is 1. The lowest BCUT2D eigenvalue weighted by Gasteiger charge is -2.10. The molecule has 1 saturated carbocycles. The van der Waals surface area contributed by atoms with Crippen molar-refractivity contribution >= 4 is 0 Å². The summed E-state index contributed by atoms with van der Waals surface area (Å²) in [6.07, 6.45) is 2.73. The highest BCUT2D eigenvalue weighted by Gasteiger charge is 2.36. The summed E-state index contributed by atoms with van der Waals surface area (Å²) in [5, 5.41) is 12.4. The van der Waals surface area contributed by atoms with E-state index in [-0.39, 0.29) is 6.61 Å². The first kappa shape index (κ1) is 10.7. The van der Waals surface area contributed by atoms with Crippen LogP contribution in [-0.2, 0) is 13.2 Å². The molecule has 1 fully saturated rings. The van der Waals surface area contributed by atoms with Crippen molar-refractivity contribution in [2.24, 2.45) is 5.41 Å². The second-order valence-electron chi connectivity index (χ2n) is 4.89. The van der Waals surface area contributed by atoms with Crippen LogP contribution in [0.5, 0.6) is 0 Å². The molecule has 2 heteroatoms. The van der Waals surface area contributed by atoms with Gasteiger partial charge in [-0.1, -0.05) is 31.2 Å². The predicted octanol–water partition coefficient (Wildman–Crippen LogP) is 2.07. The molecule has 0 bridgehead atoms. The zero-order valence-corrected chi connectivity index (χ0v) is 9.29. The standard InChI is InChI=1S/C13H19NO/c1-13(6-7-13)10-14-8-11-2-4-12(9-15)5-3-11/h2-5,14-15H,6-10H2,1H3. The minimum atomic E-state index is 0.131. The summed E-state index contributed by atoms with van der Waals surface area (Å²) in [6.45, 7) is 4.51. The molecule has 0 saturated heterocycles. The van der Waals surface area contributed by atoms with Crippen LogP contribution in [0.2, 0.25) is 0 Å². The maximum absolute atomic E-state index is 8.90. The molecule has 1 aromatic rings. The summed E-state index contributed by atoms with van der Waals surface area (Å²) >= 11 is 0. The van der Waals surface area contributed by atoms with E-state index >= 15 is 0 Å². The fraction of sp³-hybridized carbons (Fsp3) is 0.538. The van der Waals surface area contributed by atoms with Crippen LogP contribution in [0.1, 0.15) is 30.9 Å². The van der Waals surface area contributed by atoms with Crippen LogP contribution in [0.4, 0.5) is 0 Å². The van der Waals surface area contributed by atoms with Crippen LogP contribution in [0.25, 0.3) is 0 Å². The van der Waals surface area contributed by atoms with Crippen molar-refractivity contribution in [3.05, 3.63) is 35.4 Å². The Kier molecular flexibility index (Phi) is 3.08. The van der Waals surface area contributed by atoms with Crippen molar-refractivity contribution < 1.29 is 5.11 Å². The van der Waals surface area contributed by atoms with Gasteiger partial charge in [0.05, 0.1) is 6.61 Å². The highest BCUT2D eigenvalue weighted by molar-refractivity contribution is 5.21. The SMILES string of the molecule is CC1(CNCc2ccc(CO)cc2)CC1. The minimum absolute atomic E-state index is 0.131. The first-order valence-corrected chi connectivity index (χ1v) is 5.61. The first-order valence-electron chi connectivity index (χ1n) is 5.61. The molecule has 1 aliphatic carbocycles. The van der Waals surface area contributed by atoms with E-state index in [0.29, 0.717) is 5.41 Å². The molecule has 0 atom stereocenters. The summed E-state index contributed by atoms with van der Waals surface area (Å²) in [6, 6.07) is 8.12. The van der Waals surface area contributed by atoms with Gasteiger partial charge in [0, 0.05) is 13.1 Å². The normalized spacial score (nSPS) is 17.7. The molecule has 82 valence electrons. The third-order valence-corrected chi connectivity index (χ3v) is 3.19. The number of hydrogen-bond donors (Lipinski definition) is 2. The summed E-state index contributed by atoms with van der Waals surface area (Å²) in [7, 11) is 0. The summed E-state index contributed by atoms with van der Waals surface area (Å²) in [4.78, 5) is 0. The maximum Gasteiger partial charge on any atom is 0.0681 e. The van der Waals surface area contributed by atoms with Gasteiger partial charge < -0.3 is 10.4 Å². The molecular weight excluding hydrogens is 186 g/mol. The lowest BCUT2D eigenvalue weighted by Crippen LogP contribution is -2.21. The minimum Gasteiger partial charge on any atom is -0.392 e. The van der Waals surface area contributed by atoms with Gasteiger partial charge in [0.2, 0.25) is 0 Å². The molecule has 15 heavy (non-hydrogen) atoms. The van der Waals surface area contributed by atoms with Crippen molar-refractivity contribution in [2.45, 2.75) is 32.9 Å². The van der Waals surface area contributed by atoms with Crippen molar-refractivity contribution in [3.63, 3.8) is 0 Å². The summed E-state index contributed by atoms with van der Waals surface area (Å²) < 4.78 is 0. The number of aliphatic hydroxyl groups excluding tert-OH is 1. The van der Waals surface area contributed by atoms with Crippen molar-refractivity contribution in [1.82, 2.24) is 5.32 Å². The molecule has 0 heterocycles. The smallest absolute Gasteiger partial charge is 0.0681 e. The van der Waals surface area contributed by atoms with Gasteiger partial charge in [-0.05, 0) is 29.4 Å². The van der Waals surface area contributed by atoms with Crippen LogP contribution in [0.15, 0.2) is 24.3 Å². The third-order valence-electron chi connectivity index (χ3n) is 3.19. The maximum atomic E-state index is 8.90. The van der Waals surface area contributed by atoms with E-state index < -0.39 is 0 Å². The third kappa shape index (κ3) is 3.05. The number of aliphatic hydroxyl groups is 1. The van der Waals surface area contributed by atoms with Crippen LogP contribution in [0, 0.1) is 5.41 Å². The van der Waals surface area contributed by atoms with E-state index in [1.54, 1.807) is 0 Å². The second kappa shape index (κ2) is 4.33. The van der Waals surface area contributed by atoms with E-state index in [1.165, 1.54) is 18.4 Å². The average Bonchev–Trinajstić information content (AvgIpc) is 2.98. The highest BCUT2D eigenvalue weighted by atomic mass is 16.3. The highest BCUT2D eigenvalue weighted by Crippen LogP contribution is 2.44. The van der Waals surface area contributed by atoms with Crippen LogP contribution in [0.3, 0.4) is 0 Å². The lowest BCUT2D eigenvalue weighted by atomic mass is 10.1. The summed E-state index contributed by atoms with van der Waals surface area (Å²) in [5.41, 5.74) is 2.84. The van der Waals surface area contributed by atoms with Crippen molar-refractivity contribution in [3.8, 4) is 0 Å². The Balaban J connectivity index is 1.77. The zero-order chi connectivity index (χ0) is 10.7. The van der Waals surface area contributed by atoms with Gasteiger partial charge in [0.25, 0.3) is 0 Å². The quantitative estimate of drug-likeness (QED) is 0.771. The Hall–Kier alpha value is -0.860. The molecule has 0 unspecified atom stereocenters. The molecule has 0 radical (unpaired) electrons. The number of rotatable bonds is 5. The Morgan fingerprint density at radius 3 is 2.33 bits per heavy atom. The van der Waals surface area contributed by atoms with Crippen molar-refractivity contribution in [2.75, 3.05) is 6.54 Å². The van der Waals surface area contributed by atoms with Gasteiger partial charge in [-0.2, -0.15) is 0 Å². The topological polar surface area (TPSA) is 32.3 Å². The van der Waals surface area contributed by atoms with E-state index in [1.807, 2.05) is 12.1 Å². The molecule has 2 rings (SSSR count). The average molecular weight is 205 g/mol. The number of nitrogens with one attached hydrogen (secondary N) is 1. The Morgan fingerprint density at radius 2 is 1.80 bits per heavy atom. The lowest BCUT2D eigenvalue weighted by molar-refractivity contribution is 0.282. The van der Waals surface area contributed by atoms with Gasteiger partial charge >= 0.3 is 0 Å². The molecule has 1 aliphatic rings. The second-order valence-corrected chi connectivity index (χ2v) is 4.89. The van der Waals surface area contributed by atoms with Gasteiger partial charge in [-0.25, -0.2) is 0 Å². The van der Waals surface area contributed by atoms with Gasteiger partial charge in [0.15, 0.2) is 0 Å². The Morgan fingerprint density at radius 1 is 1.20 bits per heavy atom. The molecule has 0 aromatic heterocycles. The van der Waals surface area contributed by atoms with E-state index in [9.17, 15) is 0 Å². The fourth-order valence-electron chi connectivity index (χ4n) is 1.66. The molecule has 0 amide bonds.